The monoisotopic (exact) mass is 654 g/mol. The van der Waals surface area contributed by atoms with E-state index in [-0.39, 0.29) is 23.6 Å². The first-order chi connectivity index (χ1) is 20.9. The number of ether oxygens (including phenoxy) is 1. The summed E-state index contributed by atoms with van der Waals surface area (Å²) in [7, 11) is -4.46. The van der Waals surface area contributed by atoms with E-state index in [4.69, 9.17) is 9.15 Å². The molecule has 0 saturated carbocycles. The van der Waals surface area contributed by atoms with E-state index in [2.05, 4.69) is 25.1 Å². The molecule has 0 aliphatic carbocycles. The number of sulfone groups is 1. The highest BCUT2D eigenvalue weighted by Gasteiger charge is 2.41. The number of carbonyl (C=O) groups is 2. The van der Waals surface area contributed by atoms with E-state index in [0.717, 1.165) is 11.0 Å². The Morgan fingerprint density at radius 1 is 1.16 bits per heavy atom. The number of hydrogen-bond donors (Lipinski definition) is 2. The second-order valence-electron chi connectivity index (χ2n) is 10.7. The Bertz CT molecular complexity index is 1940. The molecule has 0 unspecified atom stereocenters. The van der Waals surface area contributed by atoms with Gasteiger partial charge in [0.25, 0.3) is 11.8 Å². The van der Waals surface area contributed by atoms with Crippen LogP contribution in [-0.4, -0.2) is 58.2 Å². The number of carbonyl (C=O) groups excluding carboxylic acids is 2. The summed E-state index contributed by atoms with van der Waals surface area (Å²) in [6.45, 7) is 4.30. The maximum absolute atomic E-state index is 15.2. The van der Waals surface area contributed by atoms with E-state index in [9.17, 15) is 36.0 Å². The molecule has 3 heterocycles. The van der Waals surface area contributed by atoms with E-state index >= 15 is 4.39 Å². The van der Waals surface area contributed by atoms with Crippen molar-refractivity contribution in [2.24, 2.45) is 0 Å². The first-order valence-corrected chi connectivity index (χ1v) is 14.5. The smallest absolute Gasteiger partial charge is 0.444 e. The number of nitrogens with one attached hydrogen (secondary N) is 2. The largest absolute Gasteiger partial charge is 0.471 e. The number of amides is 2. The first-order valence-electron chi connectivity index (χ1n) is 12.8. The van der Waals surface area contributed by atoms with Crippen LogP contribution in [0.3, 0.4) is 0 Å². The summed E-state index contributed by atoms with van der Waals surface area (Å²) >= 11 is 0. The third-order valence-corrected chi connectivity index (χ3v) is 7.97. The van der Waals surface area contributed by atoms with Crippen LogP contribution in [0.15, 0.2) is 55.0 Å². The van der Waals surface area contributed by atoms with Gasteiger partial charge in [-0.1, -0.05) is 29.4 Å². The number of fused-ring (bicyclic) bond motifs is 1. The molecule has 0 radical (unpaired) electrons. The van der Waals surface area contributed by atoms with Gasteiger partial charge in [-0.25, -0.2) is 27.5 Å². The Labute approximate surface area is 250 Å². The van der Waals surface area contributed by atoms with Gasteiger partial charge in [-0.15, -0.1) is 5.10 Å². The number of hydrogen-bond acceptors (Lipinski definition) is 11. The van der Waals surface area contributed by atoms with Gasteiger partial charge in [0.1, 0.15) is 17.5 Å². The lowest BCUT2D eigenvalue weighted by Gasteiger charge is -2.27. The number of nitrogens with zero attached hydrogens (tertiary/aromatic N) is 4. The molecule has 4 aromatic rings. The van der Waals surface area contributed by atoms with Gasteiger partial charge < -0.3 is 23.9 Å². The van der Waals surface area contributed by atoms with E-state index in [1.165, 1.54) is 24.3 Å². The summed E-state index contributed by atoms with van der Waals surface area (Å²) in [6, 6.07) is 5.39. The molecule has 1 aliphatic heterocycles. The molecule has 0 fully saturated rings. The molecule has 19 heteroatoms. The lowest BCUT2D eigenvalue weighted by molar-refractivity contribution is -0.159. The van der Waals surface area contributed by atoms with E-state index in [1.54, 1.807) is 20.8 Å². The molecule has 45 heavy (non-hydrogen) atoms. The maximum atomic E-state index is 15.2. The number of benzene rings is 2. The predicted molar refractivity (Wildman–Crippen MR) is 144 cm³/mol. The molecule has 2 amide bonds. The standard InChI is InChI=1S/C26H22F4N6O8S/c1-25(2,3)43-23(38)31-16-11-45(40,41)18-9-15(27)14(20-33-34-24(39)42-20)8-17(18)36(21(16)37)10-12-4-6-13(7-5-12)19-32-22(44-35-19)26(28,29)30/h4-9,16H,10-11H2,1-3H3,(H,31,38)(H,34,39)/t16-/m0/s1. The summed E-state index contributed by atoms with van der Waals surface area (Å²) in [6.07, 6.45) is -5.94. The van der Waals surface area contributed by atoms with Crippen molar-refractivity contribution in [3.05, 3.63) is 64.2 Å². The number of aromatic nitrogens is 4. The summed E-state index contributed by atoms with van der Waals surface area (Å²) in [5.41, 5.74) is -1.32. The number of halogens is 4. The zero-order valence-corrected chi connectivity index (χ0v) is 24.2. The molecule has 238 valence electrons. The van der Waals surface area contributed by atoms with Crippen molar-refractivity contribution in [2.75, 3.05) is 10.7 Å². The predicted octanol–water partition coefficient (Wildman–Crippen LogP) is 3.45. The van der Waals surface area contributed by atoms with Crippen LogP contribution in [0.2, 0.25) is 0 Å². The molecule has 0 saturated heterocycles. The van der Waals surface area contributed by atoms with Gasteiger partial charge in [-0.05, 0) is 38.5 Å². The Balaban J connectivity index is 1.56. The van der Waals surface area contributed by atoms with Crippen LogP contribution in [0.1, 0.15) is 32.2 Å². The molecule has 5 rings (SSSR count). The highest BCUT2D eigenvalue weighted by molar-refractivity contribution is 7.91. The minimum absolute atomic E-state index is 0.130. The summed E-state index contributed by atoms with van der Waals surface area (Å²) in [5.74, 6) is -6.48. The Morgan fingerprint density at radius 2 is 1.84 bits per heavy atom. The van der Waals surface area contributed by atoms with Crippen LogP contribution < -0.4 is 16.0 Å². The second kappa shape index (κ2) is 11.1. The average Bonchev–Trinajstić information content (AvgIpc) is 3.58. The minimum Gasteiger partial charge on any atom is -0.444 e. The van der Waals surface area contributed by atoms with Crippen molar-refractivity contribution in [3.8, 4) is 22.8 Å². The minimum atomic E-state index is -4.85. The molecular formula is C26H22F4N6O8S. The molecular weight excluding hydrogens is 632 g/mol. The van der Waals surface area contributed by atoms with Crippen molar-refractivity contribution in [3.63, 3.8) is 0 Å². The lowest BCUT2D eigenvalue weighted by Crippen LogP contribution is -2.51. The normalized spacial score (nSPS) is 16.6. The van der Waals surface area contributed by atoms with Gasteiger partial charge >= 0.3 is 23.9 Å². The topological polar surface area (TPSA) is 191 Å². The fourth-order valence-corrected chi connectivity index (χ4v) is 5.93. The van der Waals surface area contributed by atoms with Crippen molar-refractivity contribution in [2.45, 2.75) is 50.0 Å². The number of alkyl halides is 3. The van der Waals surface area contributed by atoms with Crippen LogP contribution in [0.4, 0.5) is 28.0 Å². The number of H-pyrrole nitrogens is 1. The number of alkyl carbamates (subject to hydrolysis) is 1. The molecule has 2 N–H and O–H groups in total. The van der Waals surface area contributed by atoms with Crippen LogP contribution in [0, 0.1) is 5.82 Å². The van der Waals surface area contributed by atoms with Gasteiger partial charge in [-0.3, -0.25) is 4.79 Å². The van der Waals surface area contributed by atoms with E-state index < -0.39 is 79.2 Å². The second-order valence-corrected chi connectivity index (χ2v) is 12.7. The number of rotatable bonds is 5. The summed E-state index contributed by atoms with van der Waals surface area (Å²) < 4.78 is 95.0. The van der Waals surface area contributed by atoms with E-state index in [0.29, 0.717) is 11.6 Å². The Kier molecular flexibility index (Phi) is 7.76. The summed E-state index contributed by atoms with van der Waals surface area (Å²) in [4.78, 5) is 41.6. The molecule has 2 aromatic carbocycles. The number of aromatic amines is 1. The van der Waals surface area contributed by atoms with Gasteiger partial charge in [0, 0.05) is 5.56 Å². The molecule has 1 aliphatic rings. The zero-order valence-electron chi connectivity index (χ0n) is 23.4. The SMILES string of the molecule is CC(C)(C)OC(=O)N[C@H]1CS(=O)(=O)c2cc(F)c(-c3n[nH]c(=O)o3)cc2N(Cc2ccc(-c3noc(C(F)(F)F)n3)cc2)C1=O. The Morgan fingerprint density at radius 3 is 2.42 bits per heavy atom. The van der Waals surface area contributed by atoms with E-state index in [1.807, 2.05) is 5.10 Å². The van der Waals surface area contributed by atoms with Gasteiger partial charge in [0.05, 0.1) is 28.4 Å². The van der Waals surface area contributed by atoms with Crippen LogP contribution >= 0.6 is 0 Å². The van der Waals surface area contributed by atoms with Crippen LogP contribution in [0.25, 0.3) is 22.8 Å². The molecule has 2 aromatic heterocycles. The maximum Gasteiger partial charge on any atom is 0.471 e. The van der Waals surface area contributed by atoms with Gasteiger partial charge in [0.15, 0.2) is 9.84 Å². The average molecular weight is 655 g/mol. The lowest BCUT2D eigenvalue weighted by atomic mass is 10.1. The number of anilines is 1. The van der Waals surface area contributed by atoms with Crippen LogP contribution in [0.5, 0.6) is 0 Å². The quantitative estimate of drug-likeness (QED) is 0.300. The van der Waals surface area contributed by atoms with Gasteiger partial charge in [0.2, 0.25) is 5.82 Å². The van der Waals surface area contributed by atoms with Crippen LogP contribution in [-0.2, 0) is 32.1 Å². The highest BCUT2D eigenvalue weighted by Crippen LogP contribution is 2.37. The molecule has 0 spiro atoms. The van der Waals surface area contributed by atoms with Crippen molar-refractivity contribution in [1.29, 1.82) is 0 Å². The van der Waals surface area contributed by atoms with Gasteiger partial charge in [-0.2, -0.15) is 18.2 Å². The molecule has 14 nitrogen and oxygen atoms in total. The first kappa shape index (κ1) is 31.4. The van der Waals surface area contributed by atoms with Crippen molar-refractivity contribution in [1.82, 2.24) is 25.7 Å². The molecule has 0 bridgehead atoms. The third-order valence-electron chi connectivity index (χ3n) is 6.21. The zero-order chi connectivity index (χ0) is 32.9. The fourth-order valence-electron chi connectivity index (χ4n) is 4.31. The third kappa shape index (κ3) is 6.71. The molecule has 1 atom stereocenters. The summed E-state index contributed by atoms with van der Waals surface area (Å²) in [5, 5.41) is 11.1. The highest BCUT2D eigenvalue weighted by atomic mass is 32.2. The van der Waals surface area contributed by atoms with Crippen molar-refractivity contribution >= 4 is 27.5 Å². The fraction of sp³-hybridized carbons (Fsp3) is 0.308. The Hall–Kier alpha value is -5.07. The van der Waals surface area contributed by atoms with Crippen molar-refractivity contribution < 1.29 is 49.2 Å².